The predicted molar refractivity (Wildman–Crippen MR) is 62.0 cm³/mol. The van der Waals surface area contributed by atoms with E-state index in [2.05, 4.69) is 20.6 Å². The third-order valence-electron chi connectivity index (χ3n) is 2.51. The lowest BCUT2D eigenvalue weighted by Gasteiger charge is -2.20. The number of nitrogens with zero attached hydrogens (tertiary/aromatic N) is 4. The lowest BCUT2D eigenvalue weighted by Crippen LogP contribution is -2.37. The van der Waals surface area contributed by atoms with E-state index in [1.54, 1.807) is 0 Å². The zero-order valence-corrected chi connectivity index (χ0v) is 10.4. The number of aliphatic hydroxyl groups is 2. The molecule has 2 rings (SSSR count). The lowest BCUT2D eigenvalue weighted by atomic mass is 10.1. The molecular formula is C10H12F3N5O2. The van der Waals surface area contributed by atoms with Crippen molar-refractivity contribution >= 4 is 11.5 Å². The van der Waals surface area contributed by atoms with Crippen LogP contribution in [0, 0.1) is 0 Å². The van der Waals surface area contributed by atoms with Crippen LogP contribution in [0.1, 0.15) is 12.7 Å². The van der Waals surface area contributed by atoms with Gasteiger partial charge in [-0.1, -0.05) is 0 Å². The molecule has 0 aromatic carbocycles. The third kappa shape index (κ3) is 2.96. The maximum atomic E-state index is 12.7. The fraction of sp³-hybridized carbons (Fsp3) is 0.500. The van der Waals surface area contributed by atoms with Crippen molar-refractivity contribution in [3.63, 3.8) is 0 Å². The molecule has 0 aliphatic heterocycles. The Kier molecular flexibility index (Phi) is 3.52. The van der Waals surface area contributed by atoms with E-state index in [1.807, 2.05) is 0 Å². The van der Waals surface area contributed by atoms with Gasteiger partial charge in [-0.25, -0.2) is 0 Å². The minimum absolute atomic E-state index is 0.0446. The topological polar surface area (TPSA) is 95.6 Å². The van der Waals surface area contributed by atoms with E-state index < -0.39 is 24.2 Å². The van der Waals surface area contributed by atoms with Gasteiger partial charge in [0.2, 0.25) is 0 Å². The average Bonchev–Trinajstić information content (AvgIpc) is 2.79. The number of alkyl halides is 3. The second-order valence-electron chi connectivity index (χ2n) is 4.52. The Bertz CT molecular complexity index is 610. The molecule has 10 heteroatoms. The molecule has 0 aliphatic carbocycles. The van der Waals surface area contributed by atoms with Crippen molar-refractivity contribution in [1.29, 1.82) is 0 Å². The number of aromatic nitrogens is 4. The third-order valence-corrected chi connectivity index (χ3v) is 2.51. The quantitative estimate of drug-likeness (QED) is 0.750. The first-order valence-corrected chi connectivity index (χ1v) is 5.60. The van der Waals surface area contributed by atoms with Crippen molar-refractivity contribution in [2.24, 2.45) is 0 Å². The van der Waals surface area contributed by atoms with Gasteiger partial charge < -0.3 is 15.5 Å². The molecule has 2 aromatic rings. The summed E-state index contributed by atoms with van der Waals surface area (Å²) in [5.41, 5.74) is -1.45. The normalized spacial score (nSPS) is 15.3. The van der Waals surface area contributed by atoms with Crippen LogP contribution in [0.25, 0.3) is 5.65 Å². The summed E-state index contributed by atoms with van der Waals surface area (Å²) < 4.78 is 38.5. The molecule has 0 saturated carbocycles. The highest BCUT2D eigenvalue weighted by Gasteiger charge is 2.37. The number of halogens is 3. The van der Waals surface area contributed by atoms with E-state index >= 15 is 0 Å². The van der Waals surface area contributed by atoms with Crippen LogP contribution in [-0.4, -0.2) is 48.8 Å². The Morgan fingerprint density at radius 2 is 2.00 bits per heavy atom. The summed E-state index contributed by atoms with van der Waals surface area (Å²) in [5, 5.41) is 31.2. The van der Waals surface area contributed by atoms with Crippen LogP contribution in [0.3, 0.4) is 0 Å². The second-order valence-corrected chi connectivity index (χ2v) is 4.52. The van der Waals surface area contributed by atoms with Crippen molar-refractivity contribution in [3.8, 4) is 0 Å². The van der Waals surface area contributed by atoms with Gasteiger partial charge in [-0.15, -0.1) is 15.3 Å². The smallest absolute Gasteiger partial charge is 0.393 e. The summed E-state index contributed by atoms with van der Waals surface area (Å²) in [5.74, 6) is -1.14. The molecule has 20 heavy (non-hydrogen) atoms. The zero-order chi connectivity index (χ0) is 15.0. The highest BCUT2D eigenvalue weighted by molar-refractivity contribution is 5.44. The van der Waals surface area contributed by atoms with Crippen LogP contribution in [-0.2, 0) is 6.18 Å². The average molecular weight is 291 g/mol. The molecule has 110 valence electrons. The molecule has 0 spiro atoms. The van der Waals surface area contributed by atoms with Crippen molar-refractivity contribution in [3.05, 3.63) is 18.0 Å². The van der Waals surface area contributed by atoms with Gasteiger partial charge in [0.1, 0.15) is 11.4 Å². The van der Waals surface area contributed by atoms with E-state index in [-0.39, 0.29) is 18.0 Å². The number of fused-ring (bicyclic) bond motifs is 1. The van der Waals surface area contributed by atoms with Crippen molar-refractivity contribution < 1.29 is 23.4 Å². The largest absolute Gasteiger partial charge is 0.453 e. The summed E-state index contributed by atoms with van der Waals surface area (Å²) in [6.45, 7) is 0.798. The minimum Gasteiger partial charge on any atom is -0.393 e. The maximum absolute atomic E-state index is 12.7. The number of hydrogen-bond acceptors (Lipinski definition) is 6. The van der Waals surface area contributed by atoms with Crippen LogP contribution in [0.4, 0.5) is 19.0 Å². The van der Waals surface area contributed by atoms with Gasteiger partial charge in [0.05, 0.1) is 6.61 Å². The lowest BCUT2D eigenvalue weighted by molar-refractivity contribution is -0.146. The van der Waals surface area contributed by atoms with Crippen LogP contribution < -0.4 is 5.32 Å². The molecule has 0 aliphatic rings. The van der Waals surface area contributed by atoms with Crippen molar-refractivity contribution in [2.75, 3.05) is 18.5 Å². The highest BCUT2D eigenvalue weighted by atomic mass is 19.4. The molecule has 3 N–H and O–H groups in total. The molecule has 0 bridgehead atoms. The van der Waals surface area contributed by atoms with Crippen LogP contribution in [0.2, 0.25) is 0 Å². The van der Waals surface area contributed by atoms with E-state index in [0.29, 0.717) is 4.52 Å². The van der Waals surface area contributed by atoms with E-state index in [9.17, 15) is 18.3 Å². The molecular weight excluding hydrogens is 279 g/mol. The highest BCUT2D eigenvalue weighted by Crippen LogP contribution is 2.27. The molecule has 0 amide bonds. The summed E-state index contributed by atoms with van der Waals surface area (Å²) in [7, 11) is 0. The monoisotopic (exact) mass is 291 g/mol. The summed E-state index contributed by atoms with van der Waals surface area (Å²) in [4.78, 5) is 0. The molecule has 1 atom stereocenters. The van der Waals surface area contributed by atoms with E-state index in [0.717, 1.165) is 0 Å². The fourth-order valence-corrected chi connectivity index (χ4v) is 1.40. The maximum Gasteiger partial charge on any atom is 0.453 e. The molecule has 0 radical (unpaired) electrons. The Labute approximate surface area is 111 Å². The Balaban J connectivity index is 2.29. The van der Waals surface area contributed by atoms with E-state index in [1.165, 1.54) is 19.1 Å². The minimum atomic E-state index is -4.67. The SMILES string of the molecule is CC(O)(CO)CNc1ccc2nnc(C(F)(F)F)n2n1. The molecule has 1 unspecified atom stereocenters. The zero-order valence-electron chi connectivity index (χ0n) is 10.4. The van der Waals surface area contributed by atoms with Gasteiger partial charge >= 0.3 is 6.18 Å². The van der Waals surface area contributed by atoms with Crippen LogP contribution >= 0.6 is 0 Å². The Morgan fingerprint density at radius 1 is 1.30 bits per heavy atom. The van der Waals surface area contributed by atoms with Gasteiger partial charge in [0, 0.05) is 6.54 Å². The van der Waals surface area contributed by atoms with E-state index in [4.69, 9.17) is 5.11 Å². The predicted octanol–water partition coefficient (Wildman–Crippen LogP) is 0.298. The van der Waals surface area contributed by atoms with Gasteiger partial charge in [-0.3, -0.25) is 0 Å². The summed E-state index contributed by atoms with van der Waals surface area (Å²) in [6.07, 6.45) is -4.67. The molecule has 0 saturated heterocycles. The number of nitrogens with one attached hydrogen (secondary N) is 1. The van der Waals surface area contributed by atoms with Crippen molar-refractivity contribution in [2.45, 2.75) is 18.7 Å². The standard InChI is InChI=1S/C10H12F3N5O2/c1-9(20,5-19)4-14-6-2-3-7-15-16-8(10(11,12)13)18(7)17-6/h2-3,19-20H,4-5H2,1H3,(H,14,17). The molecule has 0 fully saturated rings. The number of aliphatic hydroxyl groups excluding tert-OH is 1. The fourth-order valence-electron chi connectivity index (χ4n) is 1.40. The summed E-state index contributed by atoms with van der Waals surface area (Å²) >= 11 is 0. The van der Waals surface area contributed by atoms with Crippen LogP contribution in [0.15, 0.2) is 12.1 Å². The van der Waals surface area contributed by atoms with Crippen LogP contribution in [0.5, 0.6) is 0 Å². The Morgan fingerprint density at radius 3 is 2.60 bits per heavy atom. The molecule has 7 nitrogen and oxygen atoms in total. The number of anilines is 1. The van der Waals surface area contributed by atoms with Gasteiger partial charge in [0.15, 0.2) is 5.65 Å². The van der Waals surface area contributed by atoms with Gasteiger partial charge in [-0.2, -0.15) is 17.7 Å². The first kappa shape index (κ1) is 14.5. The first-order valence-electron chi connectivity index (χ1n) is 5.60. The first-order chi connectivity index (χ1) is 9.23. The Hall–Kier alpha value is -1.94. The van der Waals surface area contributed by atoms with Crippen molar-refractivity contribution in [1.82, 2.24) is 19.8 Å². The molecule has 2 heterocycles. The van der Waals surface area contributed by atoms with Gasteiger partial charge in [-0.05, 0) is 19.1 Å². The molecule has 2 aromatic heterocycles. The number of hydrogen-bond donors (Lipinski definition) is 3. The number of rotatable bonds is 4. The van der Waals surface area contributed by atoms with Gasteiger partial charge in [0.25, 0.3) is 5.82 Å². The second kappa shape index (κ2) is 4.87. The summed E-state index contributed by atoms with van der Waals surface area (Å²) in [6, 6.07) is 2.71.